The second-order valence-electron chi connectivity index (χ2n) is 6.66. The van der Waals surface area contributed by atoms with Gasteiger partial charge in [-0.1, -0.05) is 6.07 Å². The number of methoxy groups -OCH3 is 1. The molecule has 1 atom stereocenters. The van der Waals surface area contributed by atoms with Crippen LogP contribution in [0.5, 0.6) is 5.75 Å². The van der Waals surface area contributed by atoms with Gasteiger partial charge in [-0.15, -0.1) is 0 Å². The molecule has 0 unspecified atom stereocenters. The number of rotatable bonds is 7. The number of carbonyl (C=O) groups excluding carboxylic acids is 3. The highest BCUT2D eigenvalue weighted by atomic mass is 16.5. The number of nitrogens with one attached hydrogen (secondary N) is 1. The monoisotopic (exact) mass is 383 g/mol. The number of ether oxygens (including phenoxy) is 2. The summed E-state index contributed by atoms with van der Waals surface area (Å²) in [6, 6.07) is 10.2. The van der Waals surface area contributed by atoms with Gasteiger partial charge in [0, 0.05) is 11.1 Å². The van der Waals surface area contributed by atoms with Gasteiger partial charge in [0.05, 0.1) is 7.11 Å². The average molecular weight is 383 g/mol. The van der Waals surface area contributed by atoms with Gasteiger partial charge in [0.15, 0.2) is 6.10 Å². The Morgan fingerprint density at radius 3 is 2.18 bits per heavy atom. The van der Waals surface area contributed by atoms with Gasteiger partial charge < -0.3 is 14.8 Å². The Morgan fingerprint density at radius 1 is 0.964 bits per heavy atom. The van der Waals surface area contributed by atoms with Crippen molar-refractivity contribution in [3.05, 3.63) is 64.2 Å². The number of benzene rings is 2. The Kier molecular flexibility index (Phi) is 6.93. The molecule has 0 saturated heterocycles. The summed E-state index contributed by atoms with van der Waals surface area (Å²) in [7, 11) is 1.53. The third-order valence-corrected chi connectivity index (χ3v) is 4.53. The van der Waals surface area contributed by atoms with Crippen LogP contribution in [0.15, 0.2) is 36.4 Å². The summed E-state index contributed by atoms with van der Waals surface area (Å²) in [5, 5.41) is 2.48. The quantitative estimate of drug-likeness (QED) is 0.587. The fraction of sp³-hybridized carbons (Fsp3) is 0.318. The van der Waals surface area contributed by atoms with E-state index in [-0.39, 0.29) is 12.3 Å². The molecule has 0 spiro atoms. The van der Waals surface area contributed by atoms with E-state index in [0.717, 1.165) is 16.7 Å². The molecule has 0 fully saturated rings. The zero-order valence-corrected chi connectivity index (χ0v) is 16.8. The van der Waals surface area contributed by atoms with Gasteiger partial charge in [0.25, 0.3) is 5.91 Å². The molecule has 0 heterocycles. The number of Topliss-reactive ketones (excluding diaryl/α,β-unsaturated/α-hetero) is 1. The van der Waals surface area contributed by atoms with Crippen molar-refractivity contribution in [2.75, 3.05) is 13.7 Å². The summed E-state index contributed by atoms with van der Waals surface area (Å²) in [6.45, 7) is 6.96. The fourth-order valence-corrected chi connectivity index (χ4v) is 2.73. The van der Waals surface area contributed by atoms with Gasteiger partial charge in [-0.05, 0) is 74.7 Å². The lowest BCUT2D eigenvalue weighted by atomic mass is 9.96. The van der Waals surface area contributed by atoms with Crippen molar-refractivity contribution >= 4 is 17.7 Å². The summed E-state index contributed by atoms with van der Waals surface area (Å²) in [6.07, 6.45) is -0.939. The Labute approximate surface area is 164 Å². The maximum absolute atomic E-state index is 12.6. The SMILES string of the molecule is COc1ccc(C(=O)NCC(=O)O[C@H](C)C(=O)c2cc(C)c(C)cc2C)cc1. The van der Waals surface area contributed by atoms with E-state index in [4.69, 9.17) is 9.47 Å². The number of hydrogen-bond acceptors (Lipinski definition) is 5. The zero-order chi connectivity index (χ0) is 20.8. The van der Waals surface area contributed by atoms with Gasteiger partial charge in [0.1, 0.15) is 12.3 Å². The summed E-state index contributed by atoms with van der Waals surface area (Å²) in [5.74, 6) is -0.729. The number of hydrogen-bond donors (Lipinski definition) is 1. The predicted octanol–water partition coefficient (Wildman–Crippen LogP) is 3.16. The van der Waals surface area contributed by atoms with Gasteiger partial charge in [-0.2, -0.15) is 0 Å². The van der Waals surface area contributed by atoms with Crippen molar-refractivity contribution in [1.82, 2.24) is 5.32 Å². The molecule has 0 aliphatic carbocycles. The van der Waals surface area contributed by atoms with Crippen molar-refractivity contribution in [3.63, 3.8) is 0 Å². The van der Waals surface area contributed by atoms with Crippen LogP contribution < -0.4 is 10.1 Å². The summed E-state index contributed by atoms with van der Waals surface area (Å²) < 4.78 is 10.2. The van der Waals surface area contributed by atoms with Gasteiger partial charge in [0.2, 0.25) is 5.78 Å². The standard InChI is InChI=1S/C22H25NO5/c1-13-10-15(3)19(11-14(13)2)21(25)16(4)28-20(24)12-23-22(26)17-6-8-18(27-5)9-7-17/h6-11,16H,12H2,1-5H3,(H,23,26)/t16-/m1/s1. The summed E-state index contributed by atoms with van der Waals surface area (Å²) in [5.41, 5.74) is 3.86. The van der Waals surface area contributed by atoms with E-state index < -0.39 is 18.0 Å². The lowest BCUT2D eigenvalue weighted by molar-refractivity contribution is -0.145. The van der Waals surface area contributed by atoms with Crippen molar-refractivity contribution in [2.24, 2.45) is 0 Å². The minimum atomic E-state index is -0.939. The molecule has 0 aliphatic heterocycles. The van der Waals surface area contributed by atoms with Crippen LogP contribution in [-0.2, 0) is 9.53 Å². The van der Waals surface area contributed by atoms with Crippen LogP contribution in [0.2, 0.25) is 0 Å². The molecular formula is C22H25NO5. The number of aryl methyl sites for hydroxylation is 3. The van der Waals surface area contributed by atoms with Crippen LogP contribution in [0.4, 0.5) is 0 Å². The lowest BCUT2D eigenvalue weighted by Crippen LogP contribution is -2.34. The van der Waals surface area contributed by atoms with E-state index in [9.17, 15) is 14.4 Å². The maximum atomic E-state index is 12.6. The van der Waals surface area contributed by atoms with E-state index in [0.29, 0.717) is 16.9 Å². The first-order valence-electron chi connectivity index (χ1n) is 8.96. The van der Waals surface area contributed by atoms with Crippen LogP contribution in [-0.4, -0.2) is 37.4 Å². The number of ketones is 1. The molecular weight excluding hydrogens is 358 g/mol. The van der Waals surface area contributed by atoms with Crippen molar-refractivity contribution in [3.8, 4) is 5.75 Å². The minimum absolute atomic E-state index is 0.268. The third kappa shape index (κ3) is 5.19. The Bertz CT molecular complexity index is 887. The number of amides is 1. The van der Waals surface area contributed by atoms with E-state index in [1.54, 1.807) is 24.3 Å². The Balaban J connectivity index is 1.92. The predicted molar refractivity (Wildman–Crippen MR) is 106 cm³/mol. The fourth-order valence-electron chi connectivity index (χ4n) is 2.73. The molecule has 0 saturated carbocycles. The van der Waals surface area contributed by atoms with Crippen LogP contribution in [0.25, 0.3) is 0 Å². The highest BCUT2D eigenvalue weighted by Crippen LogP contribution is 2.18. The van der Waals surface area contributed by atoms with Crippen LogP contribution in [0.3, 0.4) is 0 Å². The lowest BCUT2D eigenvalue weighted by Gasteiger charge is -2.15. The second kappa shape index (κ2) is 9.17. The molecule has 148 valence electrons. The summed E-state index contributed by atoms with van der Waals surface area (Å²) >= 11 is 0. The highest BCUT2D eigenvalue weighted by Gasteiger charge is 2.22. The highest BCUT2D eigenvalue weighted by molar-refractivity contribution is 6.02. The van der Waals surface area contributed by atoms with Crippen molar-refractivity contribution < 1.29 is 23.9 Å². The molecule has 2 aromatic carbocycles. The van der Waals surface area contributed by atoms with Gasteiger partial charge in [-0.25, -0.2) is 0 Å². The van der Waals surface area contributed by atoms with E-state index in [2.05, 4.69) is 5.32 Å². The van der Waals surface area contributed by atoms with Crippen molar-refractivity contribution in [1.29, 1.82) is 0 Å². The Hall–Kier alpha value is -3.15. The molecule has 1 amide bonds. The molecule has 6 heteroatoms. The first kappa shape index (κ1) is 21.2. The normalized spacial score (nSPS) is 11.5. The van der Waals surface area contributed by atoms with E-state index in [1.165, 1.54) is 14.0 Å². The maximum Gasteiger partial charge on any atom is 0.326 e. The van der Waals surface area contributed by atoms with Gasteiger partial charge >= 0.3 is 5.97 Å². The van der Waals surface area contributed by atoms with Crippen LogP contribution in [0, 0.1) is 20.8 Å². The zero-order valence-electron chi connectivity index (χ0n) is 16.8. The van der Waals surface area contributed by atoms with Gasteiger partial charge in [-0.3, -0.25) is 14.4 Å². The molecule has 2 rings (SSSR count). The minimum Gasteiger partial charge on any atom is -0.497 e. The van der Waals surface area contributed by atoms with Crippen molar-refractivity contribution in [2.45, 2.75) is 33.8 Å². The molecule has 2 aromatic rings. The Morgan fingerprint density at radius 2 is 1.57 bits per heavy atom. The molecule has 1 N–H and O–H groups in total. The van der Waals surface area contributed by atoms with Crippen LogP contribution in [0.1, 0.15) is 44.3 Å². The third-order valence-electron chi connectivity index (χ3n) is 4.53. The number of carbonyl (C=O) groups is 3. The van der Waals surface area contributed by atoms with Crippen LogP contribution >= 0.6 is 0 Å². The first-order chi connectivity index (χ1) is 13.2. The first-order valence-corrected chi connectivity index (χ1v) is 8.96. The molecule has 0 radical (unpaired) electrons. The molecule has 0 bridgehead atoms. The molecule has 0 aliphatic rings. The average Bonchev–Trinajstić information content (AvgIpc) is 2.68. The topological polar surface area (TPSA) is 81.7 Å². The molecule has 28 heavy (non-hydrogen) atoms. The van der Waals surface area contributed by atoms with E-state index >= 15 is 0 Å². The number of esters is 1. The molecule has 0 aromatic heterocycles. The smallest absolute Gasteiger partial charge is 0.326 e. The summed E-state index contributed by atoms with van der Waals surface area (Å²) in [4.78, 5) is 36.7. The van der Waals surface area contributed by atoms with E-state index in [1.807, 2.05) is 32.9 Å². The second-order valence-corrected chi connectivity index (χ2v) is 6.66. The molecule has 6 nitrogen and oxygen atoms in total. The largest absolute Gasteiger partial charge is 0.497 e.